The average Bonchev–Trinajstić information content (AvgIpc) is 2.82. The Bertz CT molecular complexity index is 299. The normalized spacial score (nSPS) is 11.0. The molecule has 0 saturated heterocycles. The standard InChI is InChI=1S/C14H27N3O/c1-3-5-6-7-8-10-13-16-17-14(18-13)11-9-12-15-4-2/h15H,3-12H2,1-2H3. The summed E-state index contributed by atoms with van der Waals surface area (Å²) in [5.41, 5.74) is 0. The number of nitrogens with zero attached hydrogens (tertiary/aromatic N) is 2. The van der Waals surface area contributed by atoms with Crippen molar-refractivity contribution in [3.63, 3.8) is 0 Å². The van der Waals surface area contributed by atoms with Crippen LogP contribution >= 0.6 is 0 Å². The molecule has 0 amide bonds. The quantitative estimate of drug-likeness (QED) is 0.616. The van der Waals surface area contributed by atoms with Crippen molar-refractivity contribution in [2.45, 2.75) is 65.2 Å². The van der Waals surface area contributed by atoms with Crippen molar-refractivity contribution in [1.29, 1.82) is 0 Å². The molecule has 0 fully saturated rings. The molecule has 0 aliphatic carbocycles. The Labute approximate surface area is 111 Å². The van der Waals surface area contributed by atoms with E-state index in [1.165, 1.54) is 32.1 Å². The van der Waals surface area contributed by atoms with E-state index in [9.17, 15) is 0 Å². The second-order valence-electron chi connectivity index (χ2n) is 4.71. The molecule has 0 radical (unpaired) electrons. The summed E-state index contributed by atoms with van der Waals surface area (Å²) in [6, 6.07) is 0. The fourth-order valence-electron chi connectivity index (χ4n) is 1.91. The second kappa shape index (κ2) is 10.1. The minimum absolute atomic E-state index is 0.788. The van der Waals surface area contributed by atoms with Crippen LogP contribution in [0, 0.1) is 0 Å². The lowest BCUT2D eigenvalue weighted by Crippen LogP contribution is -2.14. The molecule has 0 atom stereocenters. The summed E-state index contributed by atoms with van der Waals surface area (Å²) in [4.78, 5) is 0. The van der Waals surface area contributed by atoms with Crippen LogP contribution in [-0.4, -0.2) is 23.3 Å². The molecule has 1 N–H and O–H groups in total. The topological polar surface area (TPSA) is 51.0 Å². The van der Waals surface area contributed by atoms with Gasteiger partial charge in [-0.3, -0.25) is 0 Å². The number of rotatable bonds is 11. The molecule has 104 valence electrons. The van der Waals surface area contributed by atoms with Crippen LogP contribution in [0.5, 0.6) is 0 Å². The van der Waals surface area contributed by atoms with Crippen LogP contribution in [0.25, 0.3) is 0 Å². The Kier molecular flexibility index (Phi) is 8.47. The molecule has 0 spiro atoms. The molecule has 1 aromatic rings. The van der Waals surface area contributed by atoms with E-state index < -0.39 is 0 Å². The van der Waals surface area contributed by atoms with Crippen molar-refractivity contribution in [2.75, 3.05) is 13.1 Å². The van der Waals surface area contributed by atoms with Crippen LogP contribution in [0.1, 0.15) is 64.2 Å². The maximum absolute atomic E-state index is 5.62. The lowest BCUT2D eigenvalue weighted by atomic mass is 10.1. The third-order valence-electron chi connectivity index (χ3n) is 3.00. The van der Waals surface area contributed by atoms with Crippen LogP contribution in [0.2, 0.25) is 0 Å². The zero-order chi connectivity index (χ0) is 13.1. The number of aromatic nitrogens is 2. The van der Waals surface area contributed by atoms with Crippen LogP contribution in [0.15, 0.2) is 4.42 Å². The molecule has 0 aliphatic rings. The van der Waals surface area contributed by atoms with E-state index in [0.29, 0.717) is 0 Å². The van der Waals surface area contributed by atoms with E-state index in [0.717, 1.165) is 44.1 Å². The maximum Gasteiger partial charge on any atom is 0.216 e. The predicted molar refractivity (Wildman–Crippen MR) is 73.6 cm³/mol. The lowest BCUT2D eigenvalue weighted by Gasteiger charge is -1.98. The van der Waals surface area contributed by atoms with Gasteiger partial charge in [-0.05, 0) is 25.9 Å². The summed E-state index contributed by atoms with van der Waals surface area (Å²) in [5.74, 6) is 1.60. The van der Waals surface area contributed by atoms with E-state index in [4.69, 9.17) is 4.42 Å². The zero-order valence-corrected chi connectivity index (χ0v) is 11.9. The molecule has 0 bridgehead atoms. The minimum Gasteiger partial charge on any atom is -0.425 e. The SMILES string of the molecule is CCCCCCCc1nnc(CCCNCC)o1. The van der Waals surface area contributed by atoms with Gasteiger partial charge in [0.25, 0.3) is 0 Å². The van der Waals surface area contributed by atoms with Crippen molar-refractivity contribution in [3.05, 3.63) is 11.8 Å². The Balaban J connectivity index is 2.10. The van der Waals surface area contributed by atoms with Gasteiger partial charge in [0, 0.05) is 12.8 Å². The van der Waals surface area contributed by atoms with Gasteiger partial charge in [-0.15, -0.1) is 10.2 Å². The highest BCUT2D eigenvalue weighted by molar-refractivity contribution is 4.82. The Morgan fingerprint density at radius 3 is 2.22 bits per heavy atom. The molecule has 1 rings (SSSR count). The third kappa shape index (κ3) is 6.74. The predicted octanol–water partition coefficient (Wildman–Crippen LogP) is 3.12. The fourth-order valence-corrected chi connectivity index (χ4v) is 1.91. The summed E-state index contributed by atoms with van der Waals surface area (Å²) in [6.45, 7) is 6.39. The first-order valence-corrected chi connectivity index (χ1v) is 7.38. The molecule has 18 heavy (non-hydrogen) atoms. The molecule has 0 saturated carbocycles. The van der Waals surface area contributed by atoms with Crippen LogP contribution in [-0.2, 0) is 12.8 Å². The smallest absolute Gasteiger partial charge is 0.216 e. The number of aryl methyl sites for hydroxylation is 2. The molecule has 0 unspecified atom stereocenters. The molecule has 4 heteroatoms. The molecular weight excluding hydrogens is 226 g/mol. The maximum atomic E-state index is 5.62. The van der Waals surface area contributed by atoms with Gasteiger partial charge < -0.3 is 9.73 Å². The number of hydrogen-bond acceptors (Lipinski definition) is 4. The first-order chi connectivity index (χ1) is 8.86. The summed E-state index contributed by atoms with van der Waals surface area (Å²) >= 11 is 0. The van der Waals surface area contributed by atoms with E-state index in [-0.39, 0.29) is 0 Å². The van der Waals surface area contributed by atoms with Gasteiger partial charge in [-0.25, -0.2) is 0 Å². The van der Waals surface area contributed by atoms with Gasteiger partial charge in [-0.1, -0.05) is 39.5 Å². The first-order valence-electron chi connectivity index (χ1n) is 7.38. The molecule has 1 aromatic heterocycles. The molecule has 1 heterocycles. The van der Waals surface area contributed by atoms with Crippen molar-refractivity contribution in [3.8, 4) is 0 Å². The summed E-state index contributed by atoms with van der Waals surface area (Å²) < 4.78 is 5.62. The van der Waals surface area contributed by atoms with Crippen molar-refractivity contribution in [2.24, 2.45) is 0 Å². The molecule has 0 aromatic carbocycles. The first kappa shape index (κ1) is 15.2. The van der Waals surface area contributed by atoms with Gasteiger partial charge >= 0.3 is 0 Å². The van der Waals surface area contributed by atoms with Crippen molar-refractivity contribution < 1.29 is 4.42 Å². The Morgan fingerprint density at radius 1 is 0.889 bits per heavy atom. The largest absolute Gasteiger partial charge is 0.425 e. The van der Waals surface area contributed by atoms with E-state index in [1.54, 1.807) is 0 Å². The highest BCUT2D eigenvalue weighted by atomic mass is 16.4. The van der Waals surface area contributed by atoms with Crippen molar-refractivity contribution >= 4 is 0 Å². The summed E-state index contributed by atoms with van der Waals surface area (Å²) in [7, 11) is 0. The van der Waals surface area contributed by atoms with Crippen LogP contribution < -0.4 is 5.32 Å². The summed E-state index contributed by atoms with van der Waals surface area (Å²) in [5, 5.41) is 11.5. The Morgan fingerprint density at radius 2 is 1.56 bits per heavy atom. The number of unbranched alkanes of at least 4 members (excludes halogenated alkanes) is 4. The minimum atomic E-state index is 0.788. The van der Waals surface area contributed by atoms with Gasteiger partial charge in [-0.2, -0.15) is 0 Å². The van der Waals surface area contributed by atoms with Crippen LogP contribution in [0.3, 0.4) is 0 Å². The van der Waals surface area contributed by atoms with Gasteiger partial charge in [0.15, 0.2) is 0 Å². The highest BCUT2D eigenvalue weighted by Gasteiger charge is 2.05. The van der Waals surface area contributed by atoms with Gasteiger partial charge in [0.1, 0.15) is 0 Å². The summed E-state index contributed by atoms with van der Waals surface area (Å²) in [6.07, 6.45) is 9.26. The van der Waals surface area contributed by atoms with E-state index in [2.05, 4.69) is 29.4 Å². The highest BCUT2D eigenvalue weighted by Crippen LogP contribution is 2.09. The monoisotopic (exact) mass is 253 g/mol. The van der Waals surface area contributed by atoms with Gasteiger partial charge in [0.05, 0.1) is 0 Å². The third-order valence-corrected chi connectivity index (χ3v) is 3.00. The fraction of sp³-hybridized carbons (Fsp3) is 0.857. The average molecular weight is 253 g/mol. The molecule has 4 nitrogen and oxygen atoms in total. The van der Waals surface area contributed by atoms with E-state index in [1.807, 2.05) is 0 Å². The zero-order valence-electron chi connectivity index (χ0n) is 11.9. The Hall–Kier alpha value is -0.900. The second-order valence-corrected chi connectivity index (χ2v) is 4.71. The van der Waals surface area contributed by atoms with Crippen molar-refractivity contribution in [1.82, 2.24) is 15.5 Å². The molecular formula is C14H27N3O. The number of nitrogens with one attached hydrogen (secondary N) is 1. The lowest BCUT2D eigenvalue weighted by molar-refractivity contribution is 0.434. The number of hydrogen-bond donors (Lipinski definition) is 1. The van der Waals surface area contributed by atoms with Gasteiger partial charge in [0.2, 0.25) is 11.8 Å². The van der Waals surface area contributed by atoms with Crippen LogP contribution in [0.4, 0.5) is 0 Å². The van der Waals surface area contributed by atoms with E-state index >= 15 is 0 Å². The molecule has 0 aliphatic heterocycles.